The summed E-state index contributed by atoms with van der Waals surface area (Å²) in [6.45, 7) is 5.40. The van der Waals surface area contributed by atoms with Gasteiger partial charge in [0.05, 0.1) is 14.2 Å². The van der Waals surface area contributed by atoms with E-state index in [0.717, 1.165) is 43.5 Å². The highest BCUT2D eigenvalue weighted by molar-refractivity contribution is 14.0. The third-order valence-corrected chi connectivity index (χ3v) is 5.82. The van der Waals surface area contributed by atoms with E-state index in [-0.39, 0.29) is 24.0 Å². The summed E-state index contributed by atoms with van der Waals surface area (Å²) in [5, 5.41) is 3.62. The van der Waals surface area contributed by atoms with Crippen molar-refractivity contribution >= 4 is 29.9 Å². The van der Waals surface area contributed by atoms with Crippen LogP contribution in [0.15, 0.2) is 23.2 Å². The van der Waals surface area contributed by atoms with Crippen molar-refractivity contribution in [1.82, 2.24) is 15.1 Å². The van der Waals surface area contributed by atoms with E-state index in [1.807, 2.05) is 13.1 Å². The molecule has 2 unspecified atom stereocenters. The zero-order chi connectivity index (χ0) is 19.2. The molecule has 2 aliphatic heterocycles. The molecular formula is C21H35IN4O2. The van der Waals surface area contributed by atoms with E-state index < -0.39 is 0 Å². The van der Waals surface area contributed by atoms with Crippen LogP contribution >= 0.6 is 24.0 Å². The number of nitrogens with one attached hydrogen (secondary N) is 1. The van der Waals surface area contributed by atoms with Crippen molar-refractivity contribution in [3.63, 3.8) is 0 Å². The fraction of sp³-hybridized carbons (Fsp3) is 0.667. The van der Waals surface area contributed by atoms with Crippen LogP contribution in [0.3, 0.4) is 0 Å². The second-order valence-electron chi connectivity index (χ2n) is 7.78. The number of benzene rings is 1. The van der Waals surface area contributed by atoms with E-state index in [4.69, 9.17) is 9.47 Å². The number of nitrogens with zero attached hydrogens (tertiary/aromatic N) is 3. The molecule has 0 spiro atoms. The molecule has 1 N–H and O–H groups in total. The predicted octanol–water partition coefficient (Wildman–Crippen LogP) is 3.03. The molecule has 6 nitrogen and oxygen atoms in total. The van der Waals surface area contributed by atoms with Crippen molar-refractivity contribution in [3.05, 3.63) is 23.8 Å². The summed E-state index contributed by atoms with van der Waals surface area (Å²) in [5.41, 5.74) is 1.28. The lowest BCUT2D eigenvalue weighted by molar-refractivity contribution is 0.209. The van der Waals surface area contributed by atoms with E-state index in [9.17, 15) is 0 Å². The molecule has 1 aromatic carbocycles. The molecule has 0 aliphatic carbocycles. The molecule has 0 saturated carbocycles. The Bertz CT molecular complexity index is 633. The molecule has 7 heteroatoms. The highest BCUT2D eigenvalue weighted by Gasteiger charge is 2.27. The zero-order valence-corrected chi connectivity index (χ0v) is 19.9. The number of ether oxygens (including phenoxy) is 2. The van der Waals surface area contributed by atoms with Crippen molar-refractivity contribution in [3.8, 4) is 11.5 Å². The van der Waals surface area contributed by atoms with Crippen LogP contribution in [-0.2, 0) is 0 Å². The maximum atomic E-state index is 5.43. The normalized spacial score (nSPS) is 23.3. The fourth-order valence-electron chi connectivity index (χ4n) is 4.30. The van der Waals surface area contributed by atoms with Crippen LogP contribution in [0.2, 0.25) is 0 Å². The second kappa shape index (κ2) is 11.1. The first-order valence-electron chi connectivity index (χ1n) is 10.00. The van der Waals surface area contributed by atoms with Gasteiger partial charge in [0.15, 0.2) is 5.96 Å². The first-order valence-corrected chi connectivity index (χ1v) is 10.00. The van der Waals surface area contributed by atoms with Gasteiger partial charge in [-0.3, -0.25) is 4.99 Å². The monoisotopic (exact) mass is 502 g/mol. The molecule has 2 fully saturated rings. The lowest BCUT2D eigenvalue weighted by Gasteiger charge is -2.31. The van der Waals surface area contributed by atoms with Gasteiger partial charge in [-0.1, -0.05) is 0 Å². The van der Waals surface area contributed by atoms with Gasteiger partial charge in [-0.2, -0.15) is 0 Å². The molecule has 2 saturated heterocycles. The van der Waals surface area contributed by atoms with Gasteiger partial charge in [-0.15, -0.1) is 24.0 Å². The molecule has 1 aromatic rings. The van der Waals surface area contributed by atoms with Crippen LogP contribution in [0, 0.1) is 5.92 Å². The molecule has 158 valence electrons. The molecular weight excluding hydrogens is 467 g/mol. The summed E-state index contributed by atoms with van der Waals surface area (Å²) in [4.78, 5) is 9.35. The summed E-state index contributed by atoms with van der Waals surface area (Å²) in [6, 6.07) is 6.19. The predicted molar refractivity (Wildman–Crippen MR) is 125 cm³/mol. The highest BCUT2D eigenvalue weighted by Crippen LogP contribution is 2.32. The maximum Gasteiger partial charge on any atom is 0.193 e. The highest BCUT2D eigenvalue weighted by atomic mass is 127. The van der Waals surface area contributed by atoms with Gasteiger partial charge in [0.1, 0.15) is 11.5 Å². The standard InChI is InChI=1S/C21H34N4O2.HI/c1-22-21(23-13-16-6-5-8-24(2)14-16)25-9-7-17(15-25)18-10-19(26-3)12-20(11-18)27-4;/h10-12,16-17H,5-9,13-15H2,1-4H3,(H,22,23);1H. The van der Waals surface area contributed by atoms with Gasteiger partial charge in [-0.05, 0) is 56.5 Å². The Morgan fingerprint density at radius 1 is 1.11 bits per heavy atom. The number of likely N-dealkylation sites (tertiary alicyclic amines) is 2. The van der Waals surface area contributed by atoms with Crippen LogP contribution in [-0.4, -0.2) is 76.8 Å². The third kappa shape index (κ3) is 5.89. The number of rotatable bonds is 5. The Morgan fingerprint density at radius 2 is 1.82 bits per heavy atom. The van der Waals surface area contributed by atoms with Crippen molar-refractivity contribution < 1.29 is 9.47 Å². The minimum absolute atomic E-state index is 0. The number of halogens is 1. The van der Waals surface area contributed by atoms with Gasteiger partial charge in [0.2, 0.25) is 0 Å². The number of piperidine rings is 1. The molecule has 28 heavy (non-hydrogen) atoms. The molecule has 2 aliphatic rings. The smallest absolute Gasteiger partial charge is 0.193 e. The Hall–Kier alpha value is -1.22. The van der Waals surface area contributed by atoms with Crippen LogP contribution in [0.4, 0.5) is 0 Å². The lowest BCUT2D eigenvalue weighted by Crippen LogP contribution is -2.44. The Balaban J connectivity index is 0.00000280. The number of hydrogen-bond donors (Lipinski definition) is 1. The van der Waals surface area contributed by atoms with Crippen molar-refractivity contribution in [1.29, 1.82) is 0 Å². The third-order valence-electron chi connectivity index (χ3n) is 5.82. The van der Waals surface area contributed by atoms with E-state index in [2.05, 4.69) is 39.3 Å². The van der Waals surface area contributed by atoms with Crippen LogP contribution in [0.5, 0.6) is 11.5 Å². The van der Waals surface area contributed by atoms with Crippen LogP contribution in [0.25, 0.3) is 0 Å². The quantitative estimate of drug-likeness (QED) is 0.381. The average molecular weight is 502 g/mol. The van der Waals surface area contributed by atoms with E-state index in [0.29, 0.717) is 11.8 Å². The maximum absolute atomic E-state index is 5.43. The lowest BCUT2D eigenvalue weighted by atomic mass is 9.98. The number of aliphatic imine (C=N–C) groups is 1. The van der Waals surface area contributed by atoms with Crippen LogP contribution < -0.4 is 14.8 Å². The van der Waals surface area contributed by atoms with Crippen LogP contribution in [0.1, 0.15) is 30.7 Å². The minimum Gasteiger partial charge on any atom is -0.497 e. The summed E-state index contributed by atoms with van der Waals surface area (Å²) >= 11 is 0. The number of methoxy groups -OCH3 is 2. The van der Waals surface area contributed by atoms with Crippen molar-refractivity contribution in [2.75, 3.05) is 61.0 Å². The van der Waals surface area contributed by atoms with E-state index >= 15 is 0 Å². The topological polar surface area (TPSA) is 49.3 Å². The van der Waals surface area contributed by atoms with Gasteiger partial charge in [0.25, 0.3) is 0 Å². The molecule has 0 radical (unpaired) electrons. The van der Waals surface area contributed by atoms with Gasteiger partial charge < -0.3 is 24.6 Å². The number of hydrogen-bond acceptors (Lipinski definition) is 4. The fourth-order valence-corrected chi connectivity index (χ4v) is 4.30. The molecule has 0 aromatic heterocycles. The van der Waals surface area contributed by atoms with E-state index in [1.165, 1.54) is 31.5 Å². The summed E-state index contributed by atoms with van der Waals surface area (Å²) in [6.07, 6.45) is 3.72. The van der Waals surface area contributed by atoms with Crippen molar-refractivity contribution in [2.45, 2.75) is 25.2 Å². The average Bonchev–Trinajstić information content (AvgIpc) is 3.18. The summed E-state index contributed by atoms with van der Waals surface area (Å²) in [5.74, 6) is 3.91. The molecule has 2 atom stereocenters. The van der Waals surface area contributed by atoms with E-state index in [1.54, 1.807) is 14.2 Å². The van der Waals surface area contributed by atoms with Gasteiger partial charge in [0, 0.05) is 45.2 Å². The number of guanidine groups is 1. The molecule has 0 bridgehead atoms. The van der Waals surface area contributed by atoms with Gasteiger partial charge >= 0.3 is 0 Å². The molecule has 3 rings (SSSR count). The Labute approximate surface area is 186 Å². The Kier molecular flexibility index (Phi) is 9.14. The molecule has 2 heterocycles. The largest absolute Gasteiger partial charge is 0.497 e. The molecule has 0 amide bonds. The summed E-state index contributed by atoms with van der Waals surface area (Å²) in [7, 11) is 7.51. The summed E-state index contributed by atoms with van der Waals surface area (Å²) < 4.78 is 10.9. The van der Waals surface area contributed by atoms with Gasteiger partial charge in [-0.25, -0.2) is 0 Å². The SMILES string of the molecule is CN=C(NCC1CCCN(C)C1)N1CCC(c2cc(OC)cc(OC)c2)C1.I. The van der Waals surface area contributed by atoms with Crippen molar-refractivity contribution in [2.24, 2.45) is 10.9 Å². The Morgan fingerprint density at radius 3 is 2.43 bits per heavy atom. The first-order chi connectivity index (χ1) is 13.1. The zero-order valence-electron chi connectivity index (χ0n) is 17.6. The minimum atomic E-state index is 0. The second-order valence-corrected chi connectivity index (χ2v) is 7.78. The first kappa shape index (κ1) is 23.1.